The second-order valence-electron chi connectivity index (χ2n) is 5.88. The quantitative estimate of drug-likeness (QED) is 0.642. The number of hydrogen-bond donors (Lipinski definition) is 3. The molecule has 0 aliphatic carbocycles. The summed E-state index contributed by atoms with van der Waals surface area (Å²) < 4.78 is 18.0. The van der Waals surface area contributed by atoms with Gasteiger partial charge in [-0.3, -0.25) is 9.59 Å². The molecule has 0 spiro atoms. The van der Waals surface area contributed by atoms with E-state index in [4.69, 9.17) is 10.5 Å². The molecular formula is C17H24FN3O3. The summed E-state index contributed by atoms with van der Waals surface area (Å²) in [5.74, 6) is -0.640. The van der Waals surface area contributed by atoms with E-state index in [1.807, 2.05) is 0 Å². The second kappa shape index (κ2) is 9.34. The highest BCUT2D eigenvalue weighted by Crippen LogP contribution is 2.17. The van der Waals surface area contributed by atoms with Crippen LogP contribution in [0.3, 0.4) is 0 Å². The summed E-state index contributed by atoms with van der Waals surface area (Å²) in [5.41, 5.74) is 6.38. The highest BCUT2D eigenvalue weighted by molar-refractivity contribution is 5.94. The summed E-state index contributed by atoms with van der Waals surface area (Å²) in [6.07, 6.45) is 2.21. The molecule has 132 valence electrons. The number of ether oxygens (including phenoxy) is 1. The Bertz CT molecular complexity index is 545. The van der Waals surface area contributed by atoms with Crippen molar-refractivity contribution in [2.75, 3.05) is 26.3 Å². The van der Waals surface area contributed by atoms with Gasteiger partial charge in [0, 0.05) is 31.9 Å². The van der Waals surface area contributed by atoms with Gasteiger partial charge in [-0.15, -0.1) is 0 Å². The van der Waals surface area contributed by atoms with E-state index < -0.39 is 6.04 Å². The predicted octanol–water partition coefficient (Wildman–Crippen LogP) is 0.816. The van der Waals surface area contributed by atoms with E-state index in [2.05, 4.69) is 10.6 Å². The molecule has 2 rings (SSSR count). The molecule has 1 atom stereocenters. The fourth-order valence-electron chi connectivity index (χ4n) is 2.61. The molecule has 0 saturated carbocycles. The third-order valence-corrected chi connectivity index (χ3v) is 4.12. The van der Waals surface area contributed by atoms with Gasteiger partial charge in [0.1, 0.15) is 5.82 Å². The van der Waals surface area contributed by atoms with Crippen LogP contribution in [0.5, 0.6) is 0 Å². The second-order valence-corrected chi connectivity index (χ2v) is 5.88. The van der Waals surface area contributed by atoms with E-state index in [-0.39, 0.29) is 23.5 Å². The highest BCUT2D eigenvalue weighted by atomic mass is 19.1. The van der Waals surface area contributed by atoms with Gasteiger partial charge in [0.2, 0.25) is 5.91 Å². The van der Waals surface area contributed by atoms with Gasteiger partial charge in [-0.2, -0.15) is 0 Å². The van der Waals surface area contributed by atoms with Crippen LogP contribution in [0.4, 0.5) is 4.39 Å². The Morgan fingerprint density at radius 2 is 1.79 bits per heavy atom. The normalized spacial score (nSPS) is 16.4. The van der Waals surface area contributed by atoms with Gasteiger partial charge < -0.3 is 21.1 Å². The minimum atomic E-state index is -0.511. The fourth-order valence-corrected chi connectivity index (χ4v) is 2.61. The molecule has 0 bridgehead atoms. The number of nitrogens with one attached hydrogen (secondary N) is 2. The van der Waals surface area contributed by atoms with Crippen LogP contribution < -0.4 is 16.4 Å². The summed E-state index contributed by atoms with van der Waals surface area (Å²) in [6, 6.07) is 4.83. The summed E-state index contributed by atoms with van der Waals surface area (Å²) in [7, 11) is 0. The Balaban J connectivity index is 1.61. The first-order chi connectivity index (χ1) is 11.6. The molecule has 7 heteroatoms. The monoisotopic (exact) mass is 337 g/mol. The van der Waals surface area contributed by atoms with E-state index in [0.29, 0.717) is 38.3 Å². The van der Waals surface area contributed by atoms with E-state index in [9.17, 15) is 14.0 Å². The van der Waals surface area contributed by atoms with E-state index in [1.165, 1.54) is 24.3 Å². The maximum atomic E-state index is 12.8. The van der Waals surface area contributed by atoms with Gasteiger partial charge in [0.15, 0.2) is 0 Å². The lowest BCUT2D eigenvalue weighted by molar-refractivity contribution is -0.124. The smallest absolute Gasteiger partial charge is 0.251 e. The minimum Gasteiger partial charge on any atom is -0.381 e. The Hall–Kier alpha value is -1.99. The molecule has 1 aromatic rings. The number of rotatable bonds is 7. The Morgan fingerprint density at radius 3 is 2.46 bits per heavy atom. The van der Waals surface area contributed by atoms with Crippen molar-refractivity contribution in [2.45, 2.75) is 25.3 Å². The van der Waals surface area contributed by atoms with Crippen LogP contribution in [0, 0.1) is 11.7 Å². The van der Waals surface area contributed by atoms with Gasteiger partial charge in [-0.25, -0.2) is 4.39 Å². The van der Waals surface area contributed by atoms with Crippen molar-refractivity contribution in [3.63, 3.8) is 0 Å². The number of hydrogen-bond acceptors (Lipinski definition) is 4. The standard InChI is InChI=1S/C17H24FN3O3/c18-14-4-2-13(3-5-14)16(22)20-8-1-9-21-17(23)15(19)12-6-10-24-11-7-12/h2-5,12,15H,1,6-11,19H2,(H,20,22)(H,21,23). The van der Waals surface area contributed by atoms with Crippen LogP contribution in [-0.4, -0.2) is 44.2 Å². The third-order valence-electron chi connectivity index (χ3n) is 4.12. The molecule has 1 aromatic carbocycles. The first-order valence-electron chi connectivity index (χ1n) is 8.22. The topological polar surface area (TPSA) is 93.5 Å². The molecule has 0 radical (unpaired) electrons. The van der Waals surface area contributed by atoms with Gasteiger partial charge >= 0.3 is 0 Å². The van der Waals surface area contributed by atoms with Crippen molar-refractivity contribution in [3.05, 3.63) is 35.6 Å². The Morgan fingerprint density at radius 1 is 1.17 bits per heavy atom. The van der Waals surface area contributed by atoms with Crippen molar-refractivity contribution in [1.82, 2.24) is 10.6 Å². The maximum Gasteiger partial charge on any atom is 0.251 e. The summed E-state index contributed by atoms with van der Waals surface area (Å²) >= 11 is 0. The van der Waals surface area contributed by atoms with E-state index in [0.717, 1.165) is 12.8 Å². The largest absolute Gasteiger partial charge is 0.381 e. The lowest BCUT2D eigenvalue weighted by Crippen LogP contribution is -2.47. The van der Waals surface area contributed by atoms with Gasteiger partial charge in [0.05, 0.1) is 6.04 Å². The lowest BCUT2D eigenvalue weighted by Gasteiger charge is -2.26. The number of benzene rings is 1. The molecule has 1 unspecified atom stereocenters. The molecule has 1 saturated heterocycles. The summed E-state index contributed by atoms with van der Waals surface area (Å²) in [6.45, 7) is 2.17. The van der Waals surface area contributed by atoms with Gasteiger partial charge in [-0.05, 0) is 49.4 Å². The molecule has 0 aromatic heterocycles. The Kier molecular flexibility index (Phi) is 7.14. The summed E-state index contributed by atoms with van der Waals surface area (Å²) in [4.78, 5) is 23.8. The number of nitrogens with two attached hydrogens (primary N) is 1. The lowest BCUT2D eigenvalue weighted by atomic mass is 9.92. The fraction of sp³-hybridized carbons (Fsp3) is 0.529. The van der Waals surface area contributed by atoms with Crippen LogP contribution in [0.25, 0.3) is 0 Å². The van der Waals surface area contributed by atoms with E-state index in [1.54, 1.807) is 0 Å². The van der Waals surface area contributed by atoms with Crippen molar-refractivity contribution >= 4 is 11.8 Å². The number of carbonyl (C=O) groups excluding carboxylic acids is 2. The molecular weight excluding hydrogens is 313 g/mol. The molecule has 1 aliphatic rings. The SMILES string of the molecule is NC(C(=O)NCCCNC(=O)c1ccc(F)cc1)C1CCOCC1. The third kappa shape index (κ3) is 5.58. The van der Waals surface area contributed by atoms with Crippen molar-refractivity contribution < 1.29 is 18.7 Å². The van der Waals surface area contributed by atoms with E-state index >= 15 is 0 Å². The van der Waals surface area contributed by atoms with Crippen LogP contribution in [0.1, 0.15) is 29.6 Å². The van der Waals surface area contributed by atoms with Crippen molar-refractivity contribution in [1.29, 1.82) is 0 Å². The molecule has 1 fully saturated rings. The average Bonchev–Trinajstić information content (AvgIpc) is 2.61. The average molecular weight is 337 g/mol. The highest BCUT2D eigenvalue weighted by Gasteiger charge is 2.26. The molecule has 6 nitrogen and oxygen atoms in total. The number of amides is 2. The molecule has 1 aliphatic heterocycles. The van der Waals surface area contributed by atoms with Crippen LogP contribution in [-0.2, 0) is 9.53 Å². The maximum absolute atomic E-state index is 12.8. The van der Waals surface area contributed by atoms with Crippen molar-refractivity contribution in [2.24, 2.45) is 11.7 Å². The molecule has 24 heavy (non-hydrogen) atoms. The Labute approximate surface area is 140 Å². The minimum absolute atomic E-state index is 0.160. The van der Waals surface area contributed by atoms with Crippen LogP contribution in [0.15, 0.2) is 24.3 Å². The molecule has 4 N–H and O–H groups in total. The first kappa shape index (κ1) is 18.4. The zero-order chi connectivity index (χ0) is 17.4. The predicted molar refractivity (Wildman–Crippen MR) is 87.9 cm³/mol. The number of halogens is 1. The zero-order valence-electron chi connectivity index (χ0n) is 13.6. The van der Waals surface area contributed by atoms with Gasteiger partial charge in [0.25, 0.3) is 5.91 Å². The van der Waals surface area contributed by atoms with Crippen LogP contribution >= 0.6 is 0 Å². The van der Waals surface area contributed by atoms with Crippen molar-refractivity contribution in [3.8, 4) is 0 Å². The van der Waals surface area contributed by atoms with Gasteiger partial charge in [-0.1, -0.05) is 0 Å². The zero-order valence-corrected chi connectivity index (χ0v) is 13.6. The molecule has 2 amide bonds. The first-order valence-corrected chi connectivity index (χ1v) is 8.22. The van der Waals surface area contributed by atoms with Crippen LogP contribution in [0.2, 0.25) is 0 Å². The molecule has 1 heterocycles. The number of carbonyl (C=O) groups is 2. The summed E-state index contributed by atoms with van der Waals surface area (Å²) in [5, 5.41) is 5.52.